The van der Waals surface area contributed by atoms with E-state index in [-0.39, 0.29) is 18.4 Å². The number of nitrogens with zero attached hydrogens (tertiary/aromatic N) is 2. The van der Waals surface area contributed by atoms with Crippen LogP contribution in [0.1, 0.15) is 12.8 Å². The van der Waals surface area contributed by atoms with E-state index in [9.17, 15) is 9.59 Å². The monoisotopic (exact) mass is 323 g/mol. The maximum absolute atomic E-state index is 12.4. The van der Waals surface area contributed by atoms with Crippen molar-refractivity contribution in [3.05, 3.63) is 54.6 Å². The molecule has 2 aromatic rings. The van der Waals surface area contributed by atoms with E-state index in [1.807, 2.05) is 54.6 Å². The summed E-state index contributed by atoms with van der Waals surface area (Å²) in [6.07, 6.45) is 1.47. The fraction of sp³-hybridized carbons (Fsp3) is 0.263. The maximum Gasteiger partial charge on any atom is 0.246 e. The van der Waals surface area contributed by atoms with Crippen molar-refractivity contribution in [3.8, 4) is 0 Å². The standard InChI is InChI=1S/C19H21N3O2/c1-21(15-8-3-2-4-9-15)19(24)14-20-16-10-5-6-11-17(16)22-13-7-12-18(22)23/h2-6,8-11,20H,7,12-14H2,1H3. The van der Waals surface area contributed by atoms with Crippen LogP contribution < -0.4 is 15.1 Å². The summed E-state index contributed by atoms with van der Waals surface area (Å²) in [4.78, 5) is 27.8. The van der Waals surface area contributed by atoms with Crippen molar-refractivity contribution in [1.29, 1.82) is 0 Å². The fourth-order valence-corrected chi connectivity index (χ4v) is 2.85. The molecule has 0 spiro atoms. The molecule has 0 radical (unpaired) electrons. The summed E-state index contributed by atoms with van der Waals surface area (Å²) >= 11 is 0. The van der Waals surface area contributed by atoms with Crippen LogP contribution in [-0.4, -0.2) is 32.0 Å². The number of hydrogen-bond acceptors (Lipinski definition) is 3. The van der Waals surface area contributed by atoms with E-state index in [0.717, 1.165) is 30.0 Å². The van der Waals surface area contributed by atoms with Crippen LogP contribution in [0.25, 0.3) is 0 Å². The van der Waals surface area contributed by atoms with Crippen molar-refractivity contribution in [2.45, 2.75) is 12.8 Å². The smallest absolute Gasteiger partial charge is 0.246 e. The van der Waals surface area contributed by atoms with Crippen LogP contribution in [-0.2, 0) is 9.59 Å². The summed E-state index contributed by atoms with van der Waals surface area (Å²) in [7, 11) is 1.76. The number of para-hydroxylation sites is 3. The van der Waals surface area contributed by atoms with Crippen molar-refractivity contribution in [1.82, 2.24) is 0 Å². The first-order chi connectivity index (χ1) is 11.7. The topological polar surface area (TPSA) is 52.7 Å². The molecule has 1 heterocycles. The Bertz CT molecular complexity index is 730. The molecule has 1 fully saturated rings. The minimum atomic E-state index is -0.0382. The number of carbonyl (C=O) groups excluding carboxylic acids is 2. The molecule has 124 valence electrons. The number of carbonyl (C=O) groups is 2. The maximum atomic E-state index is 12.4. The van der Waals surface area contributed by atoms with Gasteiger partial charge in [0.25, 0.3) is 0 Å². The highest BCUT2D eigenvalue weighted by Crippen LogP contribution is 2.29. The third kappa shape index (κ3) is 3.40. The zero-order valence-electron chi connectivity index (χ0n) is 13.7. The van der Waals surface area contributed by atoms with Gasteiger partial charge < -0.3 is 15.1 Å². The van der Waals surface area contributed by atoms with E-state index < -0.39 is 0 Å². The van der Waals surface area contributed by atoms with Crippen molar-refractivity contribution in [2.75, 3.05) is 35.3 Å². The second-order valence-electron chi connectivity index (χ2n) is 5.81. The number of benzene rings is 2. The lowest BCUT2D eigenvalue weighted by atomic mass is 10.2. The van der Waals surface area contributed by atoms with Crippen molar-refractivity contribution in [2.24, 2.45) is 0 Å². The second-order valence-corrected chi connectivity index (χ2v) is 5.81. The first-order valence-electron chi connectivity index (χ1n) is 8.11. The van der Waals surface area contributed by atoms with Crippen LogP contribution in [0.3, 0.4) is 0 Å². The van der Waals surface area contributed by atoms with E-state index in [4.69, 9.17) is 0 Å². The van der Waals surface area contributed by atoms with Crippen LogP contribution in [0, 0.1) is 0 Å². The average Bonchev–Trinajstić information content (AvgIpc) is 3.06. The Kier molecular flexibility index (Phi) is 4.79. The molecule has 0 aliphatic carbocycles. The van der Waals surface area contributed by atoms with Gasteiger partial charge in [0, 0.05) is 25.7 Å². The lowest BCUT2D eigenvalue weighted by molar-refractivity contribution is -0.117. The highest BCUT2D eigenvalue weighted by Gasteiger charge is 2.23. The lowest BCUT2D eigenvalue weighted by Crippen LogP contribution is -2.32. The van der Waals surface area contributed by atoms with Crippen LogP contribution >= 0.6 is 0 Å². The van der Waals surface area contributed by atoms with Gasteiger partial charge in [0.05, 0.1) is 17.9 Å². The van der Waals surface area contributed by atoms with Crippen LogP contribution in [0.15, 0.2) is 54.6 Å². The van der Waals surface area contributed by atoms with Gasteiger partial charge in [-0.25, -0.2) is 0 Å². The molecule has 1 aliphatic heterocycles. The molecule has 0 unspecified atom stereocenters. The van der Waals surface area contributed by atoms with Gasteiger partial charge in [-0.3, -0.25) is 9.59 Å². The molecular weight excluding hydrogens is 302 g/mol. The number of amides is 2. The number of nitrogens with one attached hydrogen (secondary N) is 1. The molecular formula is C19H21N3O2. The highest BCUT2D eigenvalue weighted by atomic mass is 16.2. The molecule has 5 nitrogen and oxygen atoms in total. The molecule has 0 saturated carbocycles. The fourth-order valence-electron chi connectivity index (χ4n) is 2.85. The number of likely N-dealkylation sites (N-methyl/N-ethyl adjacent to an activating group) is 1. The molecule has 1 saturated heterocycles. The second kappa shape index (κ2) is 7.17. The highest BCUT2D eigenvalue weighted by molar-refractivity contribution is 6.00. The summed E-state index contributed by atoms with van der Waals surface area (Å²) < 4.78 is 0. The first-order valence-corrected chi connectivity index (χ1v) is 8.11. The van der Waals surface area contributed by atoms with Crippen molar-refractivity contribution >= 4 is 28.9 Å². The molecule has 5 heteroatoms. The molecule has 0 aromatic heterocycles. The molecule has 2 amide bonds. The Morgan fingerprint density at radius 3 is 2.54 bits per heavy atom. The number of rotatable bonds is 5. The summed E-state index contributed by atoms with van der Waals surface area (Å²) in [5, 5.41) is 3.18. The summed E-state index contributed by atoms with van der Waals surface area (Å²) in [6, 6.07) is 17.1. The van der Waals surface area contributed by atoms with E-state index >= 15 is 0 Å². The Morgan fingerprint density at radius 2 is 1.83 bits per heavy atom. The molecule has 0 bridgehead atoms. The SMILES string of the molecule is CN(C(=O)CNc1ccccc1N1CCCC1=O)c1ccccc1. The predicted molar refractivity (Wildman–Crippen MR) is 96.4 cm³/mol. The van der Waals surface area contributed by atoms with Gasteiger partial charge in [-0.05, 0) is 30.7 Å². The Labute approximate surface area is 141 Å². The first kappa shape index (κ1) is 16.1. The Balaban J connectivity index is 1.69. The molecule has 2 aromatic carbocycles. The van der Waals surface area contributed by atoms with E-state index in [2.05, 4.69) is 5.32 Å². The summed E-state index contributed by atoms with van der Waals surface area (Å²) in [5.74, 6) is 0.0979. The van der Waals surface area contributed by atoms with Gasteiger partial charge in [0.1, 0.15) is 0 Å². The van der Waals surface area contributed by atoms with Crippen molar-refractivity contribution < 1.29 is 9.59 Å². The van der Waals surface area contributed by atoms with Gasteiger partial charge in [-0.1, -0.05) is 30.3 Å². The van der Waals surface area contributed by atoms with Gasteiger partial charge in [-0.15, -0.1) is 0 Å². The number of anilines is 3. The van der Waals surface area contributed by atoms with E-state index in [1.165, 1.54) is 0 Å². The normalized spacial score (nSPS) is 13.9. The van der Waals surface area contributed by atoms with Gasteiger partial charge in [0.2, 0.25) is 11.8 Å². The minimum Gasteiger partial charge on any atom is -0.374 e. The van der Waals surface area contributed by atoms with E-state index in [1.54, 1.807) is 16.8 Å². The molecule has 1 N–H and O–H groups in total. The Hall–Kier alpha value is -2.82. The van der Waals surface area contributed by atoms with Gasteiger partial charge >= 0.3 is 0 Å². The summed E-state index contributed by atoms with van der Waals surface area (Å²) in [5.41, 5.74) is 2.50. The molecule has 3 rings (SSSR count). The Morgan fingerprint density at radius 1 is 1.12 bits per heavy atom. The lowest BCUT2D eigenvalue weighted by Gasteiger charge is -2.22. The predicted octanol–water partition coefficient (Wildman–Crippen LogP) is 2.89. The average molecular weight is 323 g/mol. The molecule has 0 atom stereocenters. The van der Waals surface area contributed by atoms with Gasteiger partial charge in [-0.2, -0.15) is 0 Å². The van der Waals surface area contributed by atoms with E-state index in [0.29, 0.717) is 6.42 Å². The van der Waals surface area contributed by atoms with Crippen molar-refractivity contribution in [3.63, 3.8) is 0 Å². The zero-order valence-corrected chi connectivity index (χ0v) is 13.7. The summed E-state index contributed by atoms with van der Waals surface area (Å²) in [6.45, 7) is 0.903. The largest absolute Gasteiger partial charge is 0.374 e. The third-order valence-corrected chi connectivity index (χ3v) is 4.22. The zero-order chi connectivity index (χ0) is 16.9. The molecule has 1 aliphatic rings. The van der Waals surface area contributed by atoms with Crippen LogP contribution in [0.2, 0.25) is 0 Å². The minimum absolute atomic E-state index is 0.0382. The quantitative estimate of drug-likeness (QED) is 0.920. The number of hydrogen-bond donors (Lipinski definition) is 1. The third-order valence-electron chi connectivity index (χ3n) is 4.22. The van der Waals surface area contributed by atoms with Crippen LogP contribution in [0.4, 0.5) is 17.1 Å². The molecule has 24 heavy (non-hydrogen) atoms. The van der Waals surface area contributed by atoms with Gasteiger partial charge in [0.15, 0.2) is 0 Å². The van der Waals surface area contributed by atoms with Crippen LogP contribution in [0.5, 0.6) is 0 Å².